The molecule has 0 aliphatic heterocycles. The van der Waals surface area contributed by atoms with Gasteiger partial charge in [0.05, 0.1) is 11.1 Å². The first-order chi connectivity index (χ1) is 6.74. The molecule has 1 N–H and O–H groups in total. The average Bonchev–Trinajstić information content (AvgIpc) is 2.59. The lowest BCUT2D eigenvalue weighted by molar-refractivity contribution is 0.0699. The fourth-order valence-corrected chi connectivity index (χ4v) is 2.03. The van der Waals surface area contributed by atoms with E-state index in [-0.39, 0.29) is 0 Å². The van der Waals surface area contributed by atoms with E-state index >= 15 is 0 Å². The highest BCUT2D eigenvalue weighted by Gasteiger charge is 2.09. The van der Waals surface area contributed by atoms with Crippen LogP contribution in [-0.2, 0) is 0 Å². The van der Waals surface area contributed by atoms with Gasteiger partial charge < -0.3 is 5.11 Å². The van der Waals surface area contributed by atoms with Gasteiger partial charge in [-0.05, 0) is 30.1 Å². The van der Waals surface area contributed by atoms with Gasteiger partial charge in [-0.25, -0.2) is 4.79 Å². The molecule has 0 aliphatic carbocycles. The normalized spacial score (nSPS) is 10.6. The number of rotatable bonds is 2. The minimum absolute atomic E-state index is 0.357. The van der Waals surface area contributed by atoms with Crippen molar-refractivity contribution in [3.63, 3.8) is 0 Å². The summed E-state index contributed by atoms with van der Waals surface area (Å²) in [7, 11) is 0. The number of nitrogens with zero attached hydrogens (tertiary/aromatic N) is 1. The summed E-state index contributed by atoms with van der Waals surface area (Å²) in [6.07, 6.45) is 3.83. The van der Waals surface area contributed by atoms with E-state index in [0.717, 1.165) is 10.9 Å². The summed E-state index contributed by atoms with van der Waals surface area (Å²) in [5.41, 5.74) is 1.30. The van der Waals surface area contributed by atoms with Gasteiger partial charge in [-0.3, -0.25) is 3.97 Å². The molecule has 2 rings (SSSR count). The molecule has 0 fully saturated rings. The molecule has 0 bridgehead atoms. The van der Waals surface area contributed by atoms with Crippen LogP contribution in [0.2, 0.25) is 0 Å². The van der Waals surface area contributed by atoms with E-state index in [1.807, 2.05) is 28.6 Å². The van der Waals surface area contributed by atoms with E-state index in [9.17, 15) is 4.79 Å². The molecule has 0 saturated carbocycles. The molecule has 72 valence electrons. The van der Waals surface area contributed by atoms with Crippen molar-refractivity contribution >= 4 is 28.8 Å². The molecule has 0 atom stereocenters. The summed E-state index contributed by atoms with van der Waals surface area (Å²) in [6.45, 7) is 0. The van der Waals surface area contributed by atoms with Crippen molar-refractivity contribution in [3.05, 3.63) is 36.0 Å². The van der Waals surface area contributed by atoms with Gasteiger partial charge in [0.2, 0.25) is 0 Å². The largest absolute Gasteiger partial charge is 0.478 e. The molecular formula is C10H9NO2S. The minimum Gasteiger partial charge on any atom is -0.478 e. The Balaban J connectivity index is 2.76. The molecular weight excluding hydrogens is 198 g/mol. The lowest BCUT2D eigenvalue weighted by atomic mass is 10.1. The van der Waals surface area contributed by atoms with Crippen LogP contribution in [-0.4, -0.2) is 21.3 Å². The maximum absolute atomic E-state index is 10.9. The zero-order valence-corrected chi connectivity index (χ0v) is 8.41. The van der Waals surface area contributed by atoms with Gasteiger partial charge in [0.25, 0.3) is 0 Å². The van der Waals surface area contributed by atoms with Crippen molar-refractivity contribution in [2.24, 2.45) is 0 Å². The minimum atomic E-state index is -0.880. The third kappa shape index (κ3) is 1.28. The predicted octanol–water partition coefficient (Wildman–Crippen LogP) is 2.47. The Morgan fingerprint density at radius 1 is 1.43 bits per heavy atom. The monoisotopic (exact) mass is 207 g/mol. The third-order valence-electron chi connectivity index (χ3n) is 2.12. The topological polar surface area (TPSA) is 42.2 Å². The number of aromatic carboxylic acids is 1. The SMILES string of the molecule is CSn1ccc2c(C(=O)O)cccc21. The molecule has 0 unspecified atom stereocenters. The van der Waals surface area contributed by atoms with Crippen molar-refractivity contribution in [1.82, 2.24) is 3.97 Å². The Hall–Kier alpha value is -1.42. The highest BCUT2D eigenvalue weighted by atomic mass is 32.2. The second kappa shape index (κ2) is 3.38. The molecule has 0 spiro atoms. The molecule has 1 aromatic heterocycles. The number of hydrogen-bond acceptors (Lipinski definition) is 2. The van der Waals surface area contributed by atoms with Gasteiger partial charge >= 0.3 is 5.97 Å². The van der Waals surface area contributed by atoms with Gasteiger partial charge in [0.1, 0.15) is 0 Å². The molecule has 4 heteroatoms. The van der Waals surface area contributed by atoms with Crippen LogP contribution in [0, 0.1) is 0 Å². The van der Waals surface area contributed by atoms with Gasteiger partial charge in [-0.1, -0.05) is 6.07 Å². The number of aromatic nitrogens is 1. The number of carboxylic acids is 1. The van der Waals surface area contributed by atoms with Gasteiger partial charge in [-0.2, -0.15) is 0 Å². The summed E-state index contributed by atoms with van der Waals surface area (Å²) >= 11 is 1.55. The molecule has 1 heterocycles. The third-order valence-corrected chi connectivity index (χ3v) is 2.84. The summed E-state index contributed by atoms with van der Waals surface area (Å²) in [5.74, 6) is -0.880. The van der Waals surface area contributed by atoms with Crippen LogP contribution in [0.5, 0.6) is 0 Å². The van der Waals surface area contributed by atoms with Crippen LogP contribution >= 0.6 is 11.9 Å². The average molecular weight is 207 g/mol. The second-order valence-corrected chi connectivity index (χ2v) is 3.63. The highest BCUT2D eigenvalue weighted by Crippen LogP contribution is 2.22. The highest BCUT2D eigenvalue weighted by molar-refractivity contribution is 7.97. The fraction of sp³-hybridized carbons (Fsp3) is 0.100. The summed E-state index contributed by atoms with van der Waals surface area (Å²) in [4.78, 5) is 10.9. The first-order valence-corrected chi connectivity index (χ1v) is 5.30. The first-order valence-electron chi connectivity index (χ1n) is 4.12. The van der Waals surface area contributed by atoms with E-state index < -0.39 is 5.97 Å². The first kappa shape index (κ1) is 9.15. The molecule has 0 saturated heterocycles. The lowest BCUT2D eigenvalue weighted by Crippen LogP contribution is -1.96. The molecule has 0 radical (unpaired) electrons. The lowest BCUT2D eigenvalue weighted by Gasteiger charge is -2.00. The van der Waals surface area contributed by atoms with Crippen LogP contribution in [0.4, 0.5) is 0 Å². The maximum Gasteiger partial charge on any atom is 0.336 e. The summed E-state index contributed by atoms with van der Waals surface area (Å²) in [5, 5.41) is 9.74. The van der Waals surface area contributed by atoms with Crippen LogP contribution in [0.3, 0.4) is 0 Å². The standard InChI is InChI=1S/C10H9NO2S/c1-14-11-6-5-7-8(10(12)13)3-2-4-9(7)11/h2-6H,1H3,(H,12,13). The van der Waals surface area contributed by atoms with Gasteiger partial charge in [0, 0.05) is 17.8 Å². The smallest absolute Gasteiger partial charge is 0.336 e. The molecule has 0 aliphatic rings. The number of carbonyl (C=O) groups is 1. The molecule has 0 amide bonds. The van der Waals surface area contributed by atoms with Crippen molar-refractivity contribution in [3.8, 4) is 0 Å². The molecule has 14 heavy (non-hydrogen) atoms. The van der Waals surface area contributed by atoms with Crippen LogP contribution in [0.25, 0.3) is 10.9 Å². The number of hydrogen-bond donors (Lipinski definition) is 1. The Kier molecular flexibility index (Phi) is 2.21. The number of fused-ring (bicyclic) bond motifs is 1. The van der Waals surface area contributed by atoms with Crippen molar-refractivity contribution in [2.75, 3.05) is 6.26 Å². The van der Waals surface area contributed by atoms with Crippen LogP contribution < -0.4 is 0 Å². The van der Waals surface area contributed by atoms with E-state index in [1.165, 1.54) is 0 Å². The molecule has 1 aromatic carbocycles. The van der Waals surface area contributed by atoms with Crippen LogP contribution in [0.1, 0.15) is 10.4 Å². The second-order valence-electron chi connectivity index (χ2n) is 2.87. The van der Waals surface area contributed by atoms with Crippen LogP contribution in [0.15, 0.2) is 30.5 Å². The van der Waals surface area contributed by atoms with E-state index in [4.69, 9.17) is 5.11 Å². The number of carboxylic acid groups (broad SMARTS) is 1. The Labute approximate surface area is 85.5 Å². The van der Waals surface area contributed by atoms with Gasteiger partial charge in [0.15, 0.2) is 0 Å². The zero-order chi connectivity index (χ0) is 10.1. The fourth-order valence-electron chi connectivity index (χ4n) is 1.49. The predicted molar refractivity (Wildman–Crippen MR) is 57.8 cm³/mol. The van der Waals surface area contributed by atoms with Crippen molar-refractivity contribution in [2.45, 2.75) is 0 Å². The molecule has 2 aromatic rings. The Morgan fingerprint density at radius 3 is 2.86 bits per heavy atom. The van der Waals surface area contributed by atoms with Gasteiger partial charge in [-0.15, -0.1) is 0 Å². The van der Waals surface area contributed by atoms with Crippen molar-refractivity contribution in [1.29, 1.82) is 0 Å². The summed E-state index contributed by atoms with van der Waals surface area (Å²) < 4.78 is 1.95. The summed E-state index contributed by atoms with van der Waals surface area (Å²) in [6, 6.07) is 7.13. The van der Waals surface area contributed by atoms with E-state index in [1.54, 1.807) is 24.1 Å². The van der Waals surface area contributed by atoms with Crippen molar-refractivity contribution < 1.29 is 9.90 Å². The Morgan fingerprint density at radius 2 is 2.21 bits per heavy atom. The maximum atomic E-state index is 10.9. The molecule has 3 nitrogen and oxygen atoms in total. The zero-order valence-electron chi connectivity index (χ0n) is 7.60. The number of benzene rings is 1. The Bertz CT molecular complexity index is 490. The van der Waals surface area contributed by atoms with E-state index in [0.29, 0.717) is 5.56 Å². The van der Waals surface area contributed by atoms with E-state index in [2.05, 4.69) is 0 Å². The quantitative estimate of drug-likeness (QED) is 0.822.